The summed E-state index contributed by atoms with van der Waals surface area (Å²) < 4.78 is 25.1. The number of pyridine rings is 1. The molecular weight excluding hydrogens is 462 g/mol. The number of ether oxygens (including phenoxy) is 2. The second-order valence-corrected chi connectivity index (χ2v) is 9.61. The molecule has 1 atom stereocenters. The summed E-state index contributed by atoms with van der Waals surface area (Å²) in [5.41, 5.74) is 4.42. The van der Waals surface area contributed by atoms with Crippen LogP contribution in [0.3, 0.4) is 0 Å². The molecule has 10 heteroatoms. The molecule has 5 heterocycles. The third kappa shape index (κ3) is 3.73. The standard InChI is InChI=1S/C26H25N5O5/c1-14-22-19(35-24(14)25(32)28-10-17-9-21(36-30-17)15-4-5-15)7-6-16-11-31(29-23(16)22)12-18-13-33-26-20(34-18)3-2-8-27-26/h2-3,8-9,11,15,18H,4-7,10,12-13H2,1H3,(H,28,32). The minimum Gasteiger partial charge on any atom is -0.479 e. The van der Waals surface area contributed by atoms with Crippen molar-refractivity contribution >= 4 is 5.91 Å². The second-order valence-electron chi connectivity index (χ2n) is 9.61. The summed E-state index contributed by atoms with van der Waals surface area (Å²) in [6, 6.07) is 5.60. The van der Waals surface area contributed by atoms with Crippen molar-refractivity contribution in [2.45, 2.75) is 57.7 Å². The Morgan fingerprint density at radius 1 is 1.28 bits per heavy atom. The molecule has 0 radical (unpaired) electrons. The summed E-state index contributed by atoms with van der Waals surface area (Å²) in [5, 5.41) is 11.8. The third-order valence-electron chi connectivity index (χ3n) is 6.94. The fourth-order valence-corrected chi connectivity index (χ4v) is 4.95. The zero-order valence-corrected chi connectivity index (χ0v) is 19.8. The first-order chi connectivity index (χ1) is 17.6. The van der Waals surface area contributed by atoms with Gasteiger partial charge in [-0.15, -0.1) is 0 Å². The van der Waals surface area contributed by atoms with E-state index in [2.05, 4.69) is 21.7 Å². The molecule has 1 aliphatic heterocycles. The van der Waals surface area contributed by atoms with Crippen LogP contribution in [0.1, 0.15) is 57.7 Å². The molecule has 0 spiro atoms. The second kappa shape index (κ2) is 8.25. The van der Waals surface area contributed by atoms with E-state index in [0.717, 1.165) is 59.6 Å². The van der Waals surface area contributed by atoms with Crippen LogP contribution in [0.4, 0.5) is 0 Å². The van der Waals surface area contributed by atoms with Crippen LogP contribution in [0.5, 0.6) is 11.6 Å². The van der Waals surface area contributed by atoms with Crippen LogP contribution in [0.2, 0.25) is 0 Å². The number of nitrogens with one attached hydrogen (secondary N) is 1. The molecule has 1 N–H and O–H groups in total. The SMILES string of the molecule is Cc1c(C(=O)NCc2cc(C3CC3)on2)oc2c1-c1nn(CC3COc4ncccc4O3)cc1CC2. The van der Waals surface area contributed by atoms with E-state index in [1.54, 1.807) is 6.20 Å². The van der Waals surface area contributed by atoms with Crippen LogP contribution in [-0.4, -0.2) is 38.5 Å². The Kier molecular flexibility index (Phi) is 4.86. The molecule has 7 rings (SSSR count). The quantitative estimate of drug-likeness (QED) is 0.439. The lowest BCUT2D eigenvalue weighted by molar-refractivity contribution is 0.0716. The molecule has 0 saturated heterocycles. The predicted molar refractivity (Wildman–Crippen MR) is 126 cm³/mol. The van der Waals surface area contributed by atoms with E-state index in [4.69, 9.17) is 23.5 Å². The molecule has 1 saturated carbocycles. The lowest BCUT2D eigenvalue weighted by Gasteiger charge is -2.25. The van der Waals surface area contributed by atoms with Crippen LogP contribution >= 0.6 is 0 Å². The molecule has 4 aromatic rings. The summed E-state index contributed by atoms with van der Waals surface area (Å²) >= 11 is 0. The van der Waals surface area contributed by atoms with Gasteiger partial charge >= 0.3 is 0 Å². The molecule has 184 valence electrons. The molecule has 0 bridgehead atoms. The average molecular weight is 488 g/mol. The molecule has 10 nitrogen and oxygen atoms in total. The van der Waals surface area contributed by atoms with Gasteiger partial charge in [-0.05, 0) is 43.9 Å². The number of rotatable bonds is 6. The maximum absolute atomic E-state index is 13.0. The highest BCUT2D eigenvalue weighted by Crippen LogP contribution is 2.40. The third-order valence-corrected chi connectivity index (χ3v) is 6.94. The van der Waals surface area contributed by atoms with Crippen molar-refractivity contribution in [3.8, 4) is 22.9 Å². The van der Waals surface area contributed by atoms with Gasteiger partial charge in [0.25, 0.3) is 11.8 Å². The molecule has 36 heavy (non-hydrogen) atoms. The van der Waals surface area contributed by atoms with Crippen LogP contribution in [-0.2, 0) is 25.9 Å². The minimum atomic E-state index is -0.265. The highest BCUT2D eigenvalue weighted by molar-refractivity contribution is 5.95. The average Bonchev–Trinajstić information content (AvgIpc) is 3.33. The Labute approximate surface area is 206 Å². The van der Waals surface area contributed by atoms with E-state index in [0.29, 0.717) is 48.7 Å². The number of nitrogens with zero attached hydrogens (tertiary/aromatic N) is 4. The van der Waals surface area contributed by atoms with Crippen LogP contribution in [0.25, 0.3) is 11.3 Å². The fraction of sp³-hybridized carbons (Fsp3) is 0.385. The number of amides is 1. The van der Waals surface area contributed by atoms with Crippen molar-refractivity contribution in [1.29, 1.82) is 0 Å². The number of hydrogen-bond acceptors (Lipinski definition) is 8. The van der Waals surface area contributed by atoms with E-state index >= 15 is 0 Å². The lowest BCUT2D eigenvalue weighted by atomic mass is 9.93. The maximum atomic E-state index is 13.0. The first kappa shape index (κ1) is 21.2. The molecule has 1 fully saturated rings. The van der Waals surface area contributed by atoms with E-state index in [-0.39, 0.29) is 12.0 Å². The Hall–Kier alpha value is -4.08. The highest BCUT2D eigenvalue weighted by Gasteiger charge is 2.31. The zero-order valence-electron chi connectivity index (χ0n) is 19.8. The Morgan fingerprint density at radius 3 is 3.08 bits per heavy atom. The van der Waals surface area contributed by atoms with Crippen molar-refractivity contribution in [2.75, 3.05) is 6.61 Å². The first-order valence-electron chi connectivity index (χ1n) is 12.3. The number of furan rings is 1. The summed E-state index contributed by atoms with van der Waals surface area (Å²) in [6.45, 7) is 3.15. The largest absolute Gasteiger partial charge is 0.479 e. The molecule has 4 aromatic heterocycles. The minimum absolute atomic E-state index is 0.175. The monoisotopic (exact) mass is 487 g/mol. The topological polar surface area (TPSA) is 117 Å². The van der Waals surface area contributed by atoms with Gasteiger partial charge in [-0.1, -0.05) is 5.16 Å². The van der Waals surface area contributed by atoms with Crippen molar-refractivity contribution in [3.05, 3.63) is 64.7 Å². The molecule has 1 amide bonds. The van der Waals surface area contributed by atoms with Gasteiger partial charge in [0.15, 0.2) is 17.6 Å². The van der Waals surface area contributed by atoms with Crippen molar-refractivity contribution in [1.82, 2.24) is 25.2 Å². The summed E-state index contributed by atoms with van der Waals surface area (Å²) in [4.78, 5) is 17.2. The fourth-order valence-electron chi connectivity index (χ4n) is 4.95. The van der Waals surface area contributed by atoms with E-state index in [1.807, 2.05) is 29.8 Å². The number of carbonyl (C=O) groups excluding carboxylic acids is 1. The van der Waals surface area contributed by atoms with E-state index in [1.165, 1.54) is 0 Å². The van der Waals surface area contributed by atoms with Gasteiger partial charge in [0, 0.05) is 41.9 Å². The van der Waals surface area contributed by atoms with Crippen molar-refractivity contribution < 1.29 is 23.2 Å². The van der Waals surface area contributed by atoms with Gasteiger partial charge in [-0.3, -0.25) is 9.48 Å². The van der Waals surface area contributed by atoms with Crippen LogP contribution < -0.4 is 14.8 Å². The maximum Gasteiger partial charge on any atom is 0.287 e. The predicted octanol–water partition coefficient (Wildman–Crippen LogP) is 3.58. The number of fused-ring (bicyclic) bond motifs is 4. The summed E-state index contributed by atoms with van der Waals surface area (Å²) in [5.74, 6) is 3.40. The summed E-state index contributed by atoms with van der Waals surface area (Å²) in [7, 11) is 0. The van der Waals surface area contributed by atoms with Crippen LogP contribution in [0.15, 0.2) is 39.5 Å². The number of aromatic nitrogens is 4. The van der Waals surface area contributed by atoms with Gasteiger partial charge in [-0.25, -0.2) is 4.98 Å². The van der Waals surface area contributed by atoms with Gasteiger partial charge in [0.2, 0.25) is 0 Å². The summed E-state index contributed by atoms with van der Waals surface area (Å²) in [6.07, 6.45) is 7.36. The van der Waals surface area contributed by atoms with E-state index < -0.39 is 0 Å². The molecule has 2 aliphatic carbocycles. The molecular formula is C26H25N5O5. The molecule has 3 aliphatic rings. The van der Waals surface area contributed by atoms with Gasteiger partial charge in [0.05, 0.1) is 18.8 Å². The van der Waals surface area contributed by atoms with Crippen molar-refractivity contribution in [3.63, 3.8) is 0 Å². The Balaban J connectivity index is 1.07. The van der Waals surface area contributed by atoms with Gasteiger partial charge < -0.3 is 23.7 Å². The normalized spacial score (nSPS) is 18.0. The Bertz CT molecular complexity index is 1460. The number of aryl methyl sites for hydroxylation is 2. The molecule has 0 aromatic carbocycles. The smallest absolute Gasteiger partial charge is 0.287 e. The highest BCUT2D eigenvalue weighted by atomic mass is 16.6. The number of hydrogen-bond donors (Lipinski definition) is 1. The van der Waals surface area contributed by atoms with Gasteiger partial charge in [-0.2, -0.15) is 5.10 Å². The van der Waals surface area contributed by atoms with Crippen LogP contribution in [0, 0.1) is 6.92 Å². The Morgan fingerprint density at radius 2 is 2.19 bits per heavy atom. The first-order valence-corrected chi connectivity index (χ1v) is 12.3. The zero-order chi connectivity index (χ0) is 24.2. The van der Waals surface area contributed by atoms with E-state index in [9.17, 15) is 4.79 Å². The lowest BCUT2D eigenvalue weighted by Crippen LogP contribution is -2.33. The number of carbonyl (C=O) groups is 1. The van der Waals surface area contributed by atoms with Gasteiger partial charge in [0.1, 0.15) is 23.8 Å². The molecule has 1 unspecified atom stereocenters. The van der Waals surface area contributed by atoms with Crippen molar-refractivity contribution in [2.24, 2.45) is 0 Å².